The predicted molar refractivity (Wildman–Crippen MR) is 60.2 cm³/mol. The zero-order valence-electron chi connectivity index (χ0n) is 8.61. The van der Waals surface area contributed by atoms with Gasteiger partial charge in [-0.3, -0.25) is 4.72 Å². The van der Waals surface area contributed by atoms with Crippen LogP contribution in [0.3, 0.4) is 0 Å². The Morgan fingerprint density at radius 3 is 2.56 bits per heavy atom. The number of anilines is 1. The maximum atomic E-state index is 12.6. The number of benzene rings is 1. The van der Waals surface area contributed by atoms with Gasteiger partial charge in [-0.05, 0) is 37.2 Å². The number of nitrogens with one attached hydrogen (secondary N) is 2. The minimum absolute atomic E-state index is 0.384. The fourth-order valence-electron chi connectivity index (χ4n) is 1.66. The summed E-state index contributed by atoms with van der Waals surface area (Å²) in [4.78, 5) is 0. The van der Waals surface area contributed by atoms with Crippen LogP contribution in [0.25, 0.3) is 0 Å². The van der Waals surface area contributed by atoms with Crippen molar-refractivity contribution in [2.45, 2.75) is 11.7 Å². The van der Waals surface area contributed by atoms with E-state index in [9.17, 15) is 12.8 Å². The minimum atomic E-state index is -3.36. The molecular formula is C10H13FN2O2S. The van der Waals surface area contributed by atoms with Crippen molar-refractivity contribution in [1.29, 1.82) is 0 Å². The molecule has 1 fully saturated rings. The SMILES string of the molecule is O=S(=O)(Nc1ccc(F)cc1)C1CCNC1. The van der Waals surface area contributed by atoms with E-state index in [1.54, 1.807) is 0 Å². The van der Waals surface area contributed by atoms with Crippen LogP contribution in [0.5, 0.6) is 0 Å². The number of hydrogen-bond donors (Lipinski definition) is 2. The Morgan fingerprint density at radius 1 is 1.31 bits per heavy atom. The van der Waals surface area contributed by atoms with E-state index in [0.29, 0.717) is 18.7 Å². The summed E-state index contributed by atoms with van der Waals surface area (Å²) in [5.74, 6) is -0.384. The van der Waals surface area contributed by atoms with Crippen molar-refractivity contribution >= 4 is 15.7 Å². The highest BCUT2D eigenvalue weighted by molar-refractivity contribution is 7.93. The Hall–Kier alpha value is -1.14. The van der Waals surface area contributed by atoms with Gasteiger partial charge in [0.15, 0.2) is 0 Å². The molecule has 1 aromatic carbocycles. The molecule has 0 aromatic heterocycles. The zero-order chi connectivity index (χ0) is 11.6. The molecule has 1 saturated heterocycles. The maximum absolute atomic E-state index is 12.6. The molecule has 0 spiro atoms. The number of halogens is 1. The van der Waals surface area contributed by atoms with Crippen molar-refractivity contribution in [2.75, 3.05) is 17.8 Å². The van der Waals surface area contributed by atoms with E-state index < -0.39 is 15.3 Å². The molecule has 0 aliphatic carbocycles. The lowest BCUT2D eigenvalue weighted by Crippen LogP contribution is -2.29. The first-order valence-corrected chi connectivity index (χ1v) is 6.60. The Labute approximate surface area is 93.9 Å². The van der Waals surface area contributed by atoms with Crippen molar-refractivity contribution in [2.24, 2.45) is 0 Å². The van der Waals surface area contributed by atoms with Gasteiger partial charge in [-0.25, -0.2) is 12.8 Å². The van der Waals surface area contributed by atoms with Gasteiger partial charge in [-0.15, -0.1) is 0 Å². The second-order valence-corrected chi connectivity index (χ2v) is 5.73. The summed E-state index contributed by atoms with van der Waals surface area (Å²) in [5.41, 5.74) is 0.397. The van der Waals surface area contributed by atoms with E-state index in [-0.39, 0.29) is 5.82 Å². The molecule has 0 amide bonds. The molecule has 0 bridgehead atoms. The smallest absolute Gasteiger partial charge is 0.236 e. The third-order valence-corrected chi connectivity index (χ3v) is 4.36. The Morgan fingerprint density at radius 2 is 2.00 bits per heavy atom. The largest absolute Gasteiger partial charge is 0.315 e. The normalized spacial score (nSPS) is 20.9. The molecular weight excluding hydrogens is 231 g/mol. The number of sulfonamides is 1. The van der Waals surface area contributed by atoms with Gasteiger partial charge in [0.1, 0.15) is 5.82 Å². The molecule has 2 rings (SSSR count). The van der Waals surface area contributed by atoms with E-state index in [2.05, 4.69) is 10.0 Å². The maximum Gasteiger partial charge on any atom is 0.236 e. The summed E-state index contributed by atoms with van der Waals surface area (Å²) < 4.78 is 38.8. The monoisotopic (exact) mass is 244 g/mol. The molecule has 88 valence electrons. The van der Waals surface area contributed by atoms with Crippen LogP contribution in [0.4, 0.5) is 10.1 Å². The lowest BCUT2D eigenvalue weighted by atomic mass is 10.3. The van der Waals surface area contributed by atoms with Crippen LogP contribution in [-0.4, -0.2) is 26.8 Å². The minimum Gasteiger partial charge on any atom is -0.315 e. The molecule has 1 unspecified atom stereocenters. The van der Waals surface area contributed by atoms with Gasteiger partial charge in [0.05, 0.1) is 5.25 Å². The van der Waals surface area contributed by atoms with Gasteiger partial charge < -0.3 is 5.32 Å². The van der Waals surface area contributed by atoms with Crippen LogP contribution < -0.4 is 10.0 Å². The average molecular weight is 244 g/mol. The van der Waals surface area contributed by atoms with E-state index in [0.717, 1.165) is 6.54 Å². The number of hydrogen-bond acceptors (Lipinski definition) is 3. The molecule has 6 heteroatoms. The molecule has 1 heterocycles. The second kappa shape index (κ2) is 4.39. The first-order chi connectivity index (χ1) is 7.58. The van der Waals surface area contributed by atoms with Crippen LogP contribution in [0.15, 0.2) is 24.3 Å². The topological polar surface area (TPSA) is 58.2 Å². The fourth-order valence-corrected chi connectivity index (χ4v) is 3.06. The van der Waals surface area contributed by atoms with E-state index in [1.807, 2.05) is 0 Å². The van der Waals surface area contributed by atoms with Crippen molar-refractivity contribution in [3.8, 4) is 0 Å². The summed E-state index contributed by atoms with van der Waals surface area (Å²) in [6, 6.07) is 5.28. The molecule has 1 aliphatic rings. The van der Waals surface area contributed by atoms with Crippen molar-refractivity contribution < 1.29 is 12.8 Å². The lowest BCUT2D eigenvalue weighted by Gasteiger charge is -2.12. The number of rotatable bonds is 3. The van der Waals surface area contributed by atoms with Crippen molar-refractivity contribution in [1.82, 2.24) is 5.32 Å². The Balaban J connectivity index is 2.11. The fraction of sp³-hybridized carbons (Fsp3) is 0.400. The lowest BCUT2D eigenvalue weighted by molar-refractivity contribution is 0.588. The van der Waals surface area contributed by atoms with Crippen LogP contribution in [0.1, 0.15) is 6.42 Å². The third kappa shape index (κ3) is 2.51. The molecule has 4 nitrogen and oxygen atoms in total. The zero-order valence-corrected chi connectivity index (χ0v) is 9.43. The van der Waals surface area contributed by atoms with Gasteiger partial charge in [-0.2, -0.15) is 0 Å². The van der Waals surface area contributed by atoms with Crippen molar-refractivity contribution in [3.63, 3.8) is 0 Å². The Kier molecular flexibility index (Phi) is 3.11. The molecule has 1 aliphatic heterocycles. The highest BCUT2D eigenvalue weighted by atomic mass is 32.2. The Bertz CT molecular complexity index is 452. The quantitative estimate of drug-likeness (QED) is 0.831. The van der Waals surface area contributed by atoms with Gasteiger partial charge in [-0.1, -0.05) is 0 Å². The van der Waals surface area contributed by atoms with Crippen LogP contribution in [0, 0.1) is 5.82 Å². The van der Waals surface area contributed by atoms with E-state index in [1.165, 1.54) is 24.3 Å². The summed E-state index contributed by atoms with van der Waals surface area (Å²) in [6.45, 7) is 1.19. The molecule has 1 aromatic rings. The molecule has 2 N–H and O–H groups in total. The van der Waals surface area contributed by atoms with Gasteiger partial charge in [0, 0.05) is 12.2 Å². The first-order valence-electron chi connectivity index (χ1n) is 5.06. The van der Waals surface area contributed by atoms with Crippen LogP contribution in [-0.2, 0) is 10.0 Å². The van der Waals surface area contributed by atoms with Crippen molar-refractivity contribution in [3.05, 3.63) is 30.1 Å². The summed E-state index contributed by atoms with van der Waals surface area (Å²) in [7, 11) is -3.36. The van der Waals surface area contributed by atoms with Crippen LogP contribution in [0.2, 0.25) is 0 Å². The predicted octanol–water partition coefficient (Wildman–Crippen LogP) is 0.929. The molecule has 1 atom stereocenters. The molecule has 0 saturated carbocycles. The summed E-state index contributed by atoms with van der Waals surface area (Å²) in [5, 5.41) is 2.59. The van der Waals surface area contributed by atoms with E-state index >= 15 is 0 Å². The van der Waals surface area contributed by atoms with E-state index in [4.69, 9.17) is 0 Å². The standard InChI is InChI=1S/C10H13FN2O2S/c11-8-1-3-9(4-2-8)13-16(14,15)10-5-6-12-7-10/h1-4,10,12-13H,5-7H2. The first kappa shape index (κ1) is 11.3. The highest BCUT2D eigenvalue weighted by Gasteiger charge is 2.28. The van der Waals surface area contributed by atoms with Crippen LogP contribution >= 0.6 is 0 Å². The molecule has 16 heavy (non-hydrogen) atoms. The van der Waals surface area contributed by atoms with Gasteiger partial charge >= 0.3 is 0 Å². The molecule has 0 radical (unpaired) electrons. The second-order valence-electron chi connectivity index (χ2n) is 3.77. The van der Waals surface area contributed by atoms with Gasteiger partial charge in [0.25, 0.3) is 0 Å². The highest BCUT2D eigenvalue weighted by Crippen LogP contribution is 2.15. The average Bonchev–Trinajstić information content (AvgIpc) is 2.75. The third-order valence-electron chi connectivity index (χ3n) is 2.56. The van der Waals surface area contributed by atoms with Gasteiger partial charge in [0.2, 0.25) is 10.0 Å². The summed E-state index contributed by atoms with van der Waals surface area (Å²) in [6.07, 6.45) is 0.608. The summed E-state index contributed by atoms with van der Waals surface area (Å²) >= 11 is 0.